The topological polar surface area (TPSA) is 38.1 Å². The molecule has 1 aliphatic heterocycles. The van der Waals surface area contributed by atoms with Crippen molar-refractivity contribution in [2.24, 2.45) is 4.99 Å². The normalized spacial score (nSPS) is 16.3. The number of aliphatic imine (C=N–C) groups is 1. The minimum Gasteiger partial charge on any atom is -0.264 e. The maximum Gasteiger partial charge on any atom is 0.212 e. The quantitative estimate of drug-likeness (QED) is 0.562. The monoisotopic (exact) mass is 337 g/mol. The third kappa shape index (κ3) is 4.06. The molecule has 0 saturated heterocycles. The van der Waals surface area contributed by atoms with Gasteiger partial charge in [0.15, 0.2) is 0 Å². The second kappa shape index (κ2) is 7.84. The van der Waals surface area contributed by atoms with Gasteiger partial charge in [-0.05, 0) is 24.6 Å². The molecule has 0 bridgehead atoms. The molecule has 0 spiro atoms. The van der Waals surface area contributed by atoms with E-state index in [0.717, 1.165) is 33.2 Å². The molecule has 0 fully saturated rings. The zero-order valence-electron chi connectivity index (χ0n) is 13.0. The summed E-state index contributed by atoms with van der Waals surface area (Å²) >= 11 is 1.63. The fourth-order valence-electron chi connectivity index (χ4n) is 2.23. The van der Waals surface area contributed by atoms with Crippen LogP contribution in [0.25, 0.3) is 10.6 Å². The van der Waals surface area contributed by atoms with E-state index >= 15 is 0 Å². The van der Waals surface area contributed by atoms with Crippen molar-refractivity contribution in [1.29, 1.82) is 0 Å². The summed E-state index contributed by atoms with van der Waals surface area (Å²) in [5, 5.41) is 0.994. The molecule has 2 aromatic rings. The van der Waals surface area contributed by atoms with Gasteiger partial charge in [-0.1, -0.05) is 36.1 Å². The first-order valence-corrected chi connectivity index (χ1v) is 8.37. The molecular weight excluding hydrogens is 321 g/mol. The lowest BCUT2D eigenvalue weighted by atomic mass is 10.2. The van der Waals surface area contributed by atoms with Crippen molar-refractivity contribution in [2.45, 2.75) is 12.8 Å². The molecule has 0 N–H and O–H groups in total. The lowest BCUT2D eigenvalue weighted by molar-refractivity contribution is 0.583. The number of rotatable bonds is 5. The summed E-state index contributed by atoms with van der Waals surface area (Å²) in [7, 11) is 0. The van der Waals surface area contributed by atoms with Crippen molar-refractivity contribution in [1.82, 2.24) is 9.97 Å². The Labute approximate surface area is 144 Å². The van der Waals surface area contributed by atoms with Crippen LogP contribution in [0.15, 0.2) is 72.7 Å². The summed E-state index contributed by atoms with van der Waals surface area (Å²) < 4.78 is 13.0. The molecule has 3 rings (SSSR count). The highest BCUT2D eigenvalue weighted by Gasteiger charge is 2.15. The van der Waals surface area contributed by atoms with Crippen molar-refractivity contribution in [3.63, 3.8) is 0 Å². The Morgan fingerprint density at radius 3 is 2.96 bits per heavy atom. The molecule has 2 aromatic heterocycles. The summed E-state index contributed by atoms with van der Waals surface area (Å²) in [6.07, 6.45) is 12.5. The molecule has 0 amide bonds. The summed E-state index contributed by atoms with van der Waals surface area (Å²) in [6, 6.07) is 6.99. The predicted octanol–water partition coefficient (Wildman–Crippen LogP) is 5.11. The highest BCUT2D eigenvalue weighted by molar-refractivity contribution is 8.22. The number of nitrogens with zero attached hydrogens (tertiary/aromatic N) is 3. The Morgan fingerprint density at radius 1 is 1.33 bits per heavy atom. The lowest BCUT2D eigenvalue weighted by Crippen LogP contribution is -1.91. The molecule has 1 aliphatic rings. The van der Waals surface area contributed by atoms with Gasteiger partial charge in [-0.25, -0.2) is 9.98 Å². The molecule has 0 aliphatic carbocycles. The van der Waals surface area contributed by atoms with Crippen molar-refractivity contribution in [3.05, 3.63) is 84.7 Å². The van der Waals surface area contributed by atoms with Crippen molar-refractivity contribution >= 4 is 27.4 Å². The van der Waals surface area contributed by atoms with Crippen molar-refractivity contribution in [2.75, 3.05) is 0 Å². The minimum atomic E-state index is -0.495. The molecule has 0 atom stereocenters. The molecule has 5 heteroatoms. The summed E-state index contributed by atoms with van der Waals surface area (Å²) in [5.41, 5.74) is 2.67. The van der Waals surface area contributed by atoms with E-state index in [2.05, 4.69) is 22.6 Å². The molecule has 0 unspecified atom stereocenters. The van der Waals surface area contributed by atoms with Crippen LogP contribution in [0.2, 0.25) is 0 Å². The van der Waals surface area contributed by atoms with Crippen LogP contribution >= 0.6 is 11.8 Å². The van der Waals surface area contributed by atoms with Crippen LogP contribution in [0.1, 0.15) is 24.0 Å². The molecule has 24 heavy (non-hydrogen) atoms. The van der Waals surface area contributed by atoms with Gasteiger partial charge in [0, 0.05) is 41.0 Å². The van der Waals surface area contributed by atoms with Gasteiger partial charge in [-0.2, -0.15) is 4.39 Å². The number of aromatic nitrogens is 2. The minimum absolute atomic E-state index is 0.495. The first-order chi connectivity index (χ1) is 11.8. The number of pyridine rings is 2. The van der Waals surface area contributed by atoms with E-state index < -0.39 is 5.95 Å². The third-order valence-corrected chi connectivity index (χ3v) is 4.50. The number of halogens is 1. The van der Waals surface area contributed by atoms with Gasteiger partial charge < -0.3 is 0 Å². The molecule has 0 saturated carbocycles. The van der Waals surface area contributed by atoms with Crippen molar-refractivity contribution < 1.29 is 4.39 Å². The molecule has 0 aromatic carbocycles. The predicted molar refractivity (Wildman–Crippen MR) is 98.8 cm³/mol. The molecular formula is C19H16FN3S. The Balaban J connectivity index is 1.82. The van der Waals surface area contributed by atoms with Crippen LogP contribution in [-0.4, -0.2) is 15.0 Å². The van der Waals surface area contributed by atoms with Crippen LogP contribution in [-0.2, 0) is 0 Å². The van der Waals surface area contributed by atoms with E-state index in [1.54, 1.807) is 30.1 Å². The van der Waals surface area contributed by atoms with E-state index in [1.165, 1.54) is 12.3 Å². The van der Waals surface area contributed by atoms with Crippen LogP contribution in [0.5, 0.6) is 0 Å². The fraction of sp³-hybridized carbons (Fsp3) is 0.105. The maximum absolute atomic E-state index is 13.0. The first-order valence-electron chi connectivity index (χ1n) is 7.55. The van der Waals surface area contributed by atoms with Crippen LogP contribution in [0.3, 0.4) is 0 Å². The number of hydrogen-bond donors (Lipinski definition) is 0. The van der Waals surface area contributed by atoms with Crippen LogP contribution in [0, 0.1) is 5.95 Å². The summed E-state index contributed by atoms with van der Waals surface area (Å²) in [6.45, 7) is 3.73. The Kier molecular flexibility index (Phi) is 5.33. The average molecular weight is 337 g/mol. The SMILES string of the molecule is C=CC/C=C(\N=C1/CC=C(c2cccnc2)S1)c1ccc(F)nc1. The highest BCUT2D eigenvalue weighted by atomic mass is 32.2. The van der Waals surface area contributed by atoms with E-state index in [0.29, 0.717) is 6.42 Å². The van der Waals surface area contributed by atoms with Crippen LogP contribution < -0.4 is 0 Å². The van der Waals surface area contributed by atoms with E-state index in [-0.39, 0.29) is 0 Å². The highest BCUT2D eigenvalue weighted by Crippen LogP contribution is 2.36. The molecule has 3 nitrogen and oxygen atoms in total. The third-order valence-electron chi connectivity index (χ3n) is 3.38. The Hall–Kier alpha value is -2.53. The number of hydrogen-bond acceptors (Lipinski definition) is 4. The molecule has 3 heterocycles. The zero-order chi connectivity index (χ0) is 16.8. The van der Waals surface area contributed by atoms with Gasteiger partial charge in [0.25, 0.3) is 0 Å². The average Bonchev–Trinajstić information content (AvgIpc) is 3.09. The first kappa shape index (κ1) is 16.3. The second-order valence-electron chi connectivity index (χ2n) is 5.11. The second-order valence-corrected chi connectivity index (χ2v) is 6.22. The van der Waals surface area contributed by atoms with Gasteiger partial charge in [0.05, 0.1) is 10.7 Å². The van der Waals surface area contributed by atoms with E-state index in [1.807, 2.05) is 24.4 Å². The maximum atomic E-state index is 13.0. The van der Waals surface area contributed by atoms with Gasteiger partial charge in [-0.15, -0.1) is 6.58 Å². The van der Waals surface area contributed by atoms with Crippen LogP contribution in [0.4, 0.5) is 4.39 Å². The Morgan fingerprint density at radius 2 is 2.25 bits per heavy atom. The van der Waals surface area contributed by atoms with Gasteiger partial charge in [-0.3, -0.25) is 4.98 Å². The standard InChI is InChI=1S/C19H16FN3S/c1-2-3-6-16(14-7-9-18(20)22-13-14)23-19-10-8-17(24-19)15-5-4-11-21-12-15/h2,4-9,11-13H,1,3,10H2/b16-6-,23-19+. The number of thioether (sulfide) groups is 1. The lowest BCUT2D eigenvalue weighted by Gasteiger charge is -2.05. The van der Waals surface area contributed by atoms with Gasteiger partial charge in [0.1, 0.15) is 0 Å². The summed E-state index contributed by atoms with van der Waals surface area (Å²) in [4.78, 5) is 13.8. The van der Waals surface area contributed by atoms with E-state index in [9.17, 15) is 4.39 Å². The zero-order valence-corrected chi connectivity index (χ0v) is 13.8. The molecule has 0 radical (unpaired) electrons. The summed E-state index contributed by atoms with van der Waals surface area (Å²) in [5.74, 6) is -0.495. The molecule has 120 valence electrons. The number of allylic oxidation sites excluding steroid dienone is 3. The fourth-order valence-corrected chi connectivity index (χ4v) is 3.20. The Bertz CT molecular complexity index is 808. The largest absolute Gasteiger partial charge is 0.264 e. The smallest absolute Gasteiger partial charge is 0.212 e. The van der Waals surface area contributed by atoms with Gasteiger partial charge in [0.2, 0.25) is 5.95 Å². The van der Waals surface area contributed by atoms with Crippen molar-refractivity contribution in [3.8, 4) is 0 Å². The van der Waals surface area contributed by atoms with Gasteiger partial charge >= 0.3 is 0 Å². The van der Waals surface area contributed by atoms with E-state index in [4.69, 9.17) is 4.99 Å².